The van der Waals surface area contributed by atoms with E-state index in [1.165, 1.54) is 22.3 Å². The molecular formula is C72H48N2O4. The average Bonchev–Trinajstić information content (AvgIpc) is 4.41. The number of benzene rings is 12. The summed E-state index contributed by atoms with van der Waals surface area (Å²) in [7, 11) is 0. The molecule has 0 saturated heterocycles. The van der Waals surface area contributed by atoms with Crippen molar-refractivity contribution in [3.63, 3.8) is 0 Å². The molecule has 4 aromatic heterocycles. The molecule has 16 aromatic rings. The Morgan fingerprint density at radius 2 is 0.641 bits per heavy atom. The number of para-hydroxylation sites is 2. The van der Waals surface area contributed by atoms with Gasteiger partial charge in [0.1, 0.15) is 44.7 Å². The van der Waals surface area contributed by atoms with Gasteiger partial charge in [0.05, 0.1) is 5.56 Å². The molecule has 4 heterocycles. The second kappa shape index (κ2) is 16.7. The number of furan rings is 4. The van der Waals surface area contributed by atoms with Crippen molar-refractivity contribution < 1.29 is 17.7 Å². The van der Waals surface area contributed by atoms with Crippen LogP contribution in [-0.4, -0.2) is 0 Å². The van der Waals surface area contributed by atoms with E-state index in [-0.39, 0.29) is 0 Å². The molecule has 0 unspecified atom stereocenters. The van der Waals surface area contributed by atoms with Crippen LogP contribution in [0.1, 0.15) is 22.3 Å². The van der Waals surface area contributed by atoms with Crippen LogP contribution in [0.5, 0.6) is 0 Å². The highest BCUT2D eigenvalue weighted by Gasteiger charge is 2.24. The van der Waals surface area contributed by atoms with E-state index in [0.29, 0.717) is 0 Å². The van der Waals surface area contributed by atoms with Crippen molar-refractivity contribution in [3.8, 4) is 11.1 Å². The van der Waals surface area contributed by atoms with Crippen LogP contribution in [0.2, 0.25) is 0 Å². The van der Waals surface area contributed by atoms with Gasteiger partial charge in [0, 0.05) is 77.2 Å². The minimum absolute atomic E-state index is 0.800. The van der Waals surface area contributed by atoms with Gasteiger partial charge >= 0.3 is 0 Å². The minimum atomic E-state index is 0.800. The van der Waals surface area contributed by atoms with Crippen LogP contribution in [-0.2, 0) is 0 Å². The predicted octanol–water partition coefficient (Wildman–Crippen LogP) is 21.4. The van der Waals surface area contributed by atoms with E-state index >= 15 is 0 Å². The SMILES string of the molecule is Cc1cc(C)cc(N(c2ccc3cc4c(cc3c2)oc2c(-c3ccccc3)c3oc5cc6cc(N(c7cc(C)cc(C)c7)c7ccc8oc9ccccc9c8c7)ccc6cc5c3cc24)c2ccc3oc4ccccc4c3c2)c1. The van der Waals surface area contributed by atoms with Crippen molar-refractivity contribution >= 4 is 143 Å². The number of hydrogen-bond acceptors (Lipinski definition) is 6. The van der Waals surface area contributed by atoms with Gasteiger partial charge in [-0.25, -0.2) is 0 Å². The van der Waals surface area contributed by atoms with Gasteiger partial charge in [-0.3, -0.25) is 0 Å². The summed E-state index contributed by atoms with van der Waals surface area (Å²) in [6, 6.07) is 78.3. The predicted molar refractivity (Wildman–Crippen MR) is 324 cm³/mol. The fourth-order valence-electron chi connectivity index (χ4n) is 12.5. The van der Waals surface area contributed by atoms with Crippen LogP contribution in [0.25, 0.3) is 120 Å². The Morgan fingerprint density at radius 1 is 0.244 bits per heavy atom. The summed E-state index contributed by atoms with van der Waals surface area (Å²) >= 11 is 0. The highest BCUT2D eigenvalue weighted by molar-refractivity contribution is 6.24. The molecule has 0 fully saturated rings. The summed E-state index contributed by atoms with van der Waals surface area (Å²) in [5.74, 6) is 0. The van der Waals surface area contributed by atoms with E-state index in [1.807, 2.05) is 24.3 Å². The molecule has 0 N–H and O–H groups in total. The number of anilines is 6. The van der Waals surface area contributed by atoms with Crippen molar-refractivity contribution in [2.24, 2.45) is 0 Å². The summed E-state index contributed by atoms with van der Waals surface area (Å²) in [5.41, 5.74) is 19.9. The highest BCUT2D eigenvalue weighted by Crippen LogP contribution is 2.48. The molecule has 12 aromatic carbocycles. The van der Waals surface area contributed by atoms with Gasteiger partial charge in [-0.1, -0.05) is 91.0 Å². The quantitative estimate of drug-likeness (QED) is 0.159. The molecule has 0 spiro atoms. The van der Waals surface area contributed by atoms with E-state index < -0.39 is 0 Å². The molecule has 6 heteroatoms. The van der Waals surface area contributed by atoms with Gasteiger partial charge in [-0.15, -0.1) is 0 Å². The Kier molecular flexibility index (Phi) is 9.50. The number of fused-ring (bicyclic) bond motifs is 14. The zero-order valence-electron chi connectivity index (χ0n) is 43.3. The molecule has 0 atom stereocenters. The fraction of sp³-hybridized carbons (Fsp3) is 0.0556. The molecule has 0 aliphatic carbocycles. The van der Waals surface area contributed by atoms with Gasteiger partial charge in [0.15, 0.2) is 0 Å². The molecule has 0 aliphatic rings. The molecule has 0 amide bonds. The van der Waals surface area contributed by atoms with E-state index in [1.54, 1.807) is 0 Å². The molecule has 16 rings (SSSR count). The summed E-state index contributed by atoms with van der Waals surface area (Å²) in [5, 5.41) is 13.0. The van der Waals surface area contributed by atoms with E-state index in [2.05, 4.69) is 232 Å². The lowest BCUT2D eigenvalue weighted by Crippen LogP contribution is -2.10. The normalized spacial score (nSPS) is 12.1. The maximum atomic E-state index is 7.10. The van der Waals surface area contributed by atoms with Crippen LogP contribution in [0.4, 0.5) is 34.1 Å². The van der Waals surface area contributed by atoms with Crippen molar-refractivity contribution in [1.82, 2.24) is 0 Å². The molecule has 0 bridgehead atoms. The zero-order valence-corrected chi connectivity index (χ0v) is 43.3. The Hall–Kier alpha value is -10.0. The number of aryl methyl sites for hydroxylation is 4. The summed E-state index contributed by atoms with van der Waals surface area (Å²) in [6.45, 7) is 8.65. The lowest BCUT2D eigenvalue weighted by atomic mass is 9.97. The monoisotopic (exact) mass is 1000 g/mol. The highest BCUT2D eigenvalue weighted by atomic mass is 16.3. The first-order chi connectivity index (χ1) is 38.2. The molecule has 78 heavy (non-hydrogen) atoms. The first-order valence-electron chi connectivity index (χ1n) is 26.6. The summed E-state index contributed by atoms with van der Waals surface area (Å²) in [6.07, 6.45) is 0. The van der Waals surface area contributed by atoms with E-state index in [4.69, 9.17) is 17.7 Å². The zero-order chi connectivity index (χ0) is 51.9. The average molecular weight is 1010 g/mol. The third-order valence-corrected chi connectivity index (χ3v) is 15.8. The lowest BCUT2D eigenvalue weighted by Gasteiger charge is -2.26. The molecule has 0 saturated carbocycles. The van der Waals surface area contributed by atoms with Gasteiger partial charge in [0.2, 0.25) is 0 Å². The molecule has 6 nitrogen and oxygen atoms in total. The first-order valence-corrected chi connectivity index (χ1v) is 26.6. The van der Waals surface area contributed by atoms with Gasteiger partial charge in [-0.05, 0) is 204 Å². The van der Waals surface area contributed by atoms with Crippen LogP contribution >= 0.6 is 0 Å². The van der Waals surface area contributed by atoms with Crippen molar-refractivity contribution in [1.29, 1.82) is 0 Å². The Bertz CT molecular complexity index is 4830. The van der Waals surface area contributed by atoms with Crippen LogP contribution in [0.15, 0.2) is 236 Å². The van der Waals surface area contributed by atoms with E-state index in [9.17, 15) is 0 Å². The summed E-state index contributed by atoms with van der Waals surface area (Å²) in [4.78, 5) is 4.70. The minimum Gasteiger partial charge on any atom is -0.456 e. The smallest absolute Gasteiger partial charge is 0.147 e. The Labute approximate surface area is 448 Å². The maximum Gasteiger partial charge on any atom is 0.147 e. The fourth-order valence-corrected chi connectivity index (χ4v) is 12.5. The van der Waals surface area contributed by atoms with E-state index in [0.717, 1.165) is 155 Å². The second-order valence-electron chi connectivity index (χ2n) is 21.3. The molecule has 0 radical (unpaired) electrons. The van der Waals surface area contributed by atoms with Crippen LogP contribution in [0.3, 0.4) is 0 Å². The van der Waals surface area contributed by atoms with Gasteiger partial charge in [-0.2, -0.15) is 0 Å². The van der Waals surface area contributed by atoms with Crippen molar-refractivity contribution in [2.75, 3.05) is 9.80 Å². The third-order valence-electron chi connectivity index (χ3n) is 15.8. The molecule has 370 valence electrons. The third kappa shape index (κ3) is 6.96. The van der Waals surface area contributed by atoms with Crippen molar-refractivity contribution in [3.05, 3.63) is 241 Å². The topological polar surface area (TPSA) is 59.0 Å². The van der Waals surface area contributed by atoms with Crippen LogP contribution < -0.4 is 9.80 Å². The first kappa shape index (κ1) is 44.3. The Morgan fingerprint density at radius 3 is 1.12 bits per heavy atom. The van der Waals surface area contributed by atoms with Crippen LogP contribution in [0, 0.1) is 27.7 Å². The lowest BCUT2D eigenvalue weighted by molar-refractivity contribution is 0.658. The number of hydrogen-bond donors (Lipinski definition) is 0. The standard InChI is InChI=1S/C72H48N2O4/c1-41-26-42(2)29-54(28-41)73(52-22-24-66-60(38-52)56-14-8-10-16-64(56)75-66)50-20-18-46-34-58-62-40-63-59-35-47-19-21-51(74(55-30-43(3)27-44(4)31-55)53-23-25-67-61(39-53)57-15-9-11-17-65(57)76-67)33-49(47)37-69(59)78-72(63)70(45-12-6-5-7-13-45)71(62)77-68(58)36-48(46)32-50/h5-40H,1-4H3. The second-order valence-corrected chi connectivity index (χ2v) is 21.3. The summed E-state index contributed by atoms with van der Waals surface area (Å²) < 4.78 is 26.8. The Balaban J connectivity index is 0.851. The number of rotatable bonds is 7. The largest absolute Gasteiger partial charge is 0.456 e. The van der Waals surface area contributed by atoms with Gasteiger partial charge in [0.25, 0.3) is 0 Å². The number of nitrogens with zero attached hydrogens (tertiary/aromatic N) is 2. The maximum absolute atomic E-state index is 7.10. The molecular weight excluding hydrogens is 957 g/mol. The molecule has 0 aliphatic heterocycles. The van der Waals surface area contributed by atoms with Gasteiger partial charge < -0.3 is 27.5 Å². The van der Waals surface area contributed by atoms with Crippen molar-refractivity contribution in [2.45, 2.75) is 27.7 Å².